The Morgan fingerprint density at radius 3 is 2.35 bits per heavy atom. The van der Waals surface area contributed by atoms with E-state index in [1.54, 1.807) is 35.0 Å². The van der Waals surface area contributed by atoms with Gasteiger partial charge in [0.2, 0.25) is 11.8 Å². The zero-order valence-corrected chi connectivity index (χ0v) is 18.6. The van der Waals surface area contributed by atoms with E-state index in [-0.39, 0.29) is 36.4 Å². The first kappa shape index (κ1) is 22.7. The standard InChI is InChI=1S/C24H23N5O5/c1-15-6-7-16(2)28(15)26-24(32)17-8-10-19(11-9-17)25-23(31)18-12-22(30)27(14-18)20-4-3-5-21(13-20)29(33)34/h3-11,13,18H,12,14H2,1-2H3,(H,25,31)(H,26,32)/t18-/m1/s1. The number of hydrogen-bond donors (Lipinski definition) is 2. The van der Waals surface area contributed by atoms with Gasteiger partial charge in [-0.25, -0.2) is 0 Å². The number of aromatic nitrogens is 1. The van der Waals surface area contributed by atoms with E-state index in [0.29, 0.717) is 16.9 Å². The molecule has 1 aromatic heterocycles. The number of nitro benzene ring substituents is 1. The van der Waals surface area contributed by atoms with Gasteiger partial charge in [-0.1, -0.05) is 6.07 Å². The van der Waals surface area contributed by atoms with Gasteiger partial charge in [-0.15, -0.1) is 0 Å². The van der Waals surface area contributed by atoms with Crippen LogP contribution in [0.15, 0.2) is 60.7 Å². The lowest BCUT2D eigenvalue weighted by Crippen LogP contribution is -2.28. The van der Waals surface area contributed by atoms with Crippen LogP contribution in [-0.4, -0.2) is 33.9 Å². The van der Waals surface area contributed by atoms with Crippen LogP contribution in [0, 0.1) is 29.9 Å². The molecule has 1 aliphatic heterocycles. The molecule has 0 spiro atoms. The highest BCUT2D eigenvalue weighted by molar-refractivity contribution is 6.04. The number of hydrogen-bond acceptors (Lipinski definition) is 5. The molecule has 1 fully saturated rings. The summed E-state index contributed by atoms with van der Waals surface area (Å²) in [6.45, 7) is 3.90. The Balaban J connectivity index is 1.38. The molecular formula is C24H23N5O5. The van der Waals surface area contributed by atoms with Crippen molar-refractivity contribution in [1.29, 1.82) is 0 Å². The fraction of sp³-hybridized carbons (Fsp3) is 0.208. The van der Waals surface area contributed by atoms with Crippen molar-refractivity contribution >= 4 is 34.8 Å². The van der Waals surface area contributed by atoms with Crippen LogP contribution in [0.1, 0.15) is 28.2 Å². The SMILES string of the molecule is Cc1ccc(C)n1NC(=O)c1ccc(NC(=O)[C@@H]2CC(=O)N(c3cccc([N+](=O)[O-])c3)C2)cc1. The van der Waals surface area contributed by atoms with Crippen molar-refractivity contribution in [2.75, 3.05) is 22.2 Å². The number of amides is 3. The summed E-state index contributed by atoms with van der Waals surface area (Å²) < 4.78 is 1.70. The number of nitrogens with one attached hydrogen (secondary N) is 2. The van der Waals surface area contributed by atoms with Crippen molar-refractivity contribution in [2.45, 2.75) is 20.3 Å². The van der Waals surface area contributed by atoms with E-state index in [1.165, 1.54) is 23.1 Å². The highest BCUT2D eigenvalue weighted by Gasteiger charge is 2.35. The molecule has 0 saturated carbocycles. The molecule has 3 aromatic rings. The van der Waals surface area contributed by atoms with Crippen molar-refractivity contribution in [3.05, 3.63) is 87.7 Å². The molecule has 1 saturated heterocycles. The van der Waals surface area contributed by atoms with Crippen LogP contribution >= 0.6 is 0 Å². The number of aryl methyl sites for hydroxylation is 2. The van der Waals surface area contributed by atoms with Gasteiger partial charge < -0.3 is 10.2 Å². The third-order valence-corrected chi connectivity index (χ3v) is 5.75. The molecule has 1 aliphatic rings. The highest BCUT2D eigenvalue weighted by Crippen LogP contribution is 2.28. The number of anilines is 2. The summed E-state index contributed by atoms with van der Waals surface area (Å²) in [5, 5.41) is 13.8. The van der Waals surface area contributed by atoms with Gasteiger partial charge in [-0.3, -0.25) is 34.6 Å². The van der Waals surface area contributed by atoms with Crippen molar-refractivity contribution in [1.82, 2.24) is 4.68 Å². The second-order valence-electron chi connectivity index (χ2n) is 8.14. The molecule has 0 bridgehead atoms. The molecule has 34 heavy (non-hydrogen) atoms. The molecular weight excluding hydrogens is 438 g/mol. The van der Waals surface area contributed by atoms with Crippen molar-refractivity contribution in [3.63, 3.8) is 0 Å². The minimum atomic E-state index is -0.602. The second kappa shape index (κ2) is 9.18. The third-order valence-electron chi connectivity index (χ3n) is 5.75. The summed E-state index contributed by atoms with van der Waals surface area (Å²) in [6.07, 6.45) is 0.00455. The highest BCUT2D eigenvalue weighted by atomic mass is 16.6. The number of nitro groups is 1. The number of nitrogens with zero attached hydrogens (tertiary/aromatic N) is 3. The van der Waals surface area contributed by atoms with Crippen molar-refractivity contribution in [2.24, 2.45) is 5.92 Å². The maximum atomic E-state index is 12.7. The van der Waals surface area contributed by atoms with E-state index in [2.05, 4.69) is 10.7 Å². The van der Waals surface area contributed by atoms with Gasteiger partial charge in [0, 0.05) is 47.7 Å². The summed E-state index contributed by atoms with van der Waals surface area (Å²) in [5.41, 5.74) is 5.82. The first-order valence-corrected chi connectivity index (χ1v) is 10.6. The Morgan fingerprint density at radius 1 is 1.03 bits per heavy atom. The summed E-state index contributed by atoms with van der Waals surface area (Å²) in [7, 11) is 0. The maximum Gasteiger partial charge on any atom is 0.271 e. The number of benzene rings is 2. The van der Waals surface area contributed by atoms with Gasteiger partial charge in [-0.05, 0) is 56.3 Å². The Hall–Kier alpha value is -4.47. The van der Waals surface area contributed by atoms with Crippen LogP contribution in [-0.2, 0) is 9.59 Å². The molecule has 2 aromatic carbocycles. The van der Waals surface area contributed by atoms with Gasteiger partial charge in [0.1, 0.15) is 0 Å². The molecule has 1 atom stereocenters. The zero-order valence-electron chi connectivity index (χ0n) is 18.6. The van der Waals surface area contributed by atoms with E-state index < -0.39 is 10.8 Å². The van der Waals surface area contributed by atoms with Gasteiger partial charge in [-0.2, -0.15) is 0 Å². The summed E-state index contributed by atoms with van der Waals surface area (Å²) >= 11 is 0. The van der Waals surface area contributed by atoms with Gasteiger partial charge in [0.15, 0.2) is 0 Å². The monoisotopic (exact) mass is 461 g/mol. The molecule has 10 nitrogen and oxygen atoms in total. The lowest BCUT2D eigenvalue weighted by Gasteiger charge is -2.16. The van der Waals surface area contributed by atoms with Crippen LogP contribution in [0.4, 0.5) is 17.1 Å². The van der Waals surface area contributed by atoms with E-state index >= 15 is 0 Å². The van der Waals surface area contributed by atoms with Crippen LogP contribution in [0.3, 0.4) is 0 Å². The summed E-state index contributed by atoms with van der Waals surface area (Å²) in [6, 6.07) is 16.0. The Kier molecular flexibility index (Phi) is 6.13. The lowest BCUT2D eigenvalue weighted by atomic mass is 10.1. The minimum Gasteiger partial charge on any atom is -0.326 e. The molecule has 4 rings (SSSR count). The molecule has 174 valence electrons. The van der Waals surface area contributed by atoms with E-state index in [1.807, 2.05) is 26.0 Å². The predicted molar refractivity (Wildman–Crippen MR) is 126 cm³/mol. The summed E-state index contributed by atoms with van der Waals surface area (Å²) in [4.78, 5) is 49.6. The summed E-state index contributed by atoms with van der Waals surface area (Å²) in [5.74, 6) is -1.50. The van der Waals surface area contributed by atoms with Crippen LogP contribution in [0.25, 0.3) is 0 Å². The third kappa shape index (κ3) is 4.65. The quantitative estimate of drug-likeness (QED) is 0.430. The average Bonchev–Trinajstić information content (AvgIpc) is 3.36. The van der Waals surface area contributed by atoms with Crippen LogP contribution < -0.4 is 15.6 Å². The normalized spacial score (nSPS) is 15.3. The average molecular weight is 461 g/mol. The van der Waals surface area contributed by atoms with Crippen molar-refractivity contribution < 1.29 is 19.3 Å². The Bertz CT molecular complexity index is 1260. The lowest BCUT2D eigenvalue weighted by molar-refractivity contribution is -0.384. The van der Waals surface area contributed by atoms with Crippen LogP contribution in [0.2, 0.25) is 0 Å². The fourth-order valence-corrected chi connectivity index (χ4v) is 3.87. The second-order valence-corrected chi connectivity index (χ2v) is 8.14. The zero-order chi connectivity index (χ0) is 24.4. The topological polar surface area (TPSA) is 127 Å². The van der Waals surface area contributed by atoms with Gasteiger partial charge >= 0.3 is 0 Å². The van der Waals surface area contributed by atoms with Gasteiger partial charge in [0.05, 0.1) is 16.5 Å². The van der Waals surface area contributed by atoms with Crippen LogP contribution in [0.5, 0.6) is 0 Å². The number of carbonyl (C=O) groups is 3. The first-order chi connectivity index (χ1) is 16.2. The van der Waals surface area contributed by atoms with Crippen molar-refractivity contribution in [3.8, 4) is 0 Å². The Labute approximate surface area is 195 Å². The molecule has 0 aliphatic carbocycles. The van der Waals surface area contributed by atoms with E-state index in [0.717, 1.165) is 11.4 Å². The predicted octanol–water partition coefficient (Wildman–Crippen LogP) is 3.39. The number of carbonyl (C=O) groups excluding carboxylic acids is 3. The van der Waals surface area contributed by atoms with Gasteiger partial charge in [0.25, 0.3) is 11.6 Å². The largest absolute Gasteiger partial charge is 0.326 e. The number of non-ortho nitro benzene ring substituents is 1. The molecule has 2 N–H and O–H groups in total. The maximum absolute atomic E-state index is 12.7. The smallest absolute Gasteiger partial charge is 0.271 e. The van der Waals surface area contributed by atoms with E-state index in [9.17, 15) is 24.5 Å². The first-order valence-electron chi connectivity index (χ1n) is 10.6. The molecule has 3 amide bonds. The fourth-order valence-electron chi connectivity index (χ4n) is 3.87. The molecule has 0 unspecified atom stereocenters. The van der Waals surface area contributed by atoms with E-state index in [4.69, 9.17) is 0 Å². The molecule has 0 radical (unpaired) electrons. The number of rotatable bonds is 6. The Morgan fingerprint density at radius 2 is 1.71 bits per heavy atom. The molecule has 10 heteroatoms. The molecule has 2 heterocycles. The minimum absolute atomic E-state index is 0.00455.